The number of nitrogens with one attached hydrogen (secondary N) is 1. The number of benzene rings is 1. The van der Waals surface area contributed by atoms with Crippen LogP contribution in [-0.4, -0.2) is 6.04 Å². The lowest BCUT2D eigenvalue weighted by Gasteiger charge is -2.18. The normalized spacial score (nSPS) is 12.5. The number of anilines is 1. The first-order valence-corrected chi connectivity index (χ1v) is 6.68. The van der Waals surface area contributed by atoms with Crippen LogP contribution < -0.4 is 5.32 Å². The second kappa shape index (κ2) is 6.89. The van der Waals surface area contributed by atoms with Crippen molar-refractivity contribution in [3.05, 3.63) is 28.5 Å². The van der Waals surface area contributed by atoms with Crippen LogP contribution in [0.2, 0.25) is 0 Å². The van der Waals surface area contributed by atoms with Gasteiger partial charge in [0.1, 0.15) is 5.82 Å². The maximum atomic E-state index is 13.6. The Morgan fingerprint density at radius 3 is 2.69 bits per heavy atom. The van der Waals surface area contributed by atoms with Crippen molar-refractivity contribution in [3.8, 4) is 0 Å². The van der Waals surface area contributed by atoms with E-state index in [9.17, 15) is 4.39 Å². The maximum Gasteiger partial charge on any atom is 0.147 e. The van der Waals surface area contributed by atoms with Gasteiger partial charge in [-0.25, -0.2) is 4.39 Å². The maximum absolute atomic E-state index is 13.6. The third-order valence-electron chi connectivity index (χ3n) is 2.69. The molecule has 0 aliphatic carbocycles. The zero-order valence-corrected chi connectivity index (χ0v) is 11.5. The fraction of sp³-hybridized carbons (Fsp3) is 0.538. The Morgan fingerprint density at radius 2 is 2.12 bits per heavy atom. The van der Waals surface area contributed by atoms with Crippen LogP contribution in [0.25, 0.3) is 0 Å². The van der Waals surface area contributed by atoms with Gasteiger partial charge in [-0.3, -0.25) is 0 Å². The van der Waals surface area contributed by atoms with Gasteiger partial charge in [0.05, 0.1) is 5.69 Å². The Hall–Kier alpha value is -0.570. The van der Waals surface area contributed by atoms with Crippen LogP contribution in [0.15, 0.2) is 22.7 Å². The van der Waals surface area contributed by atoms with Gasteiger partial charge in [0.2, 0.25) is 0 Å². The number of hydrogen-bond acceptors (Lipinski definition) is 1. The highest BCUT2D eigenvalue weighted by molar-refractivity contribution is 9.10. The van der Waals surface area contributed by atoms with Gasteiger partial charge in [-0.1, -0.05) is 42.6 Å². The molecule has 0 amide bonds. The number of halogens is 2. The Bertz CT molecular complexity index is 328. The van der Waals surface area contributed by atoms with Crippen LogP contribution >= 0.6 is 15.9 Å². The lowest BCUT2D eigenvalue weighted by Crippen LogP contribution is -2.18. The number of hydrogen-bond donors (Lipinski definition) is 1. The molecule has 0 heterocycles. The molecule has 1 aromatic carbocycles. The van der Waals surface area contributed by atoms with Gasteiger partial charge in [-0.15, -0.1) is 0 Å². The smallest absolute Gasteiger partial charge is 0.147 e. The summed E-state index contributed by atoms with van der Waals surface area (Å²) < 4.78 is 14.4. The van der Waals surface area contributed by atoms with Crippen molar-refractivity contribution in [2.75, 3.05) is 5.32 Å². The van der Waals surface area contributed by atoms with Gasteiger partial charge < -0.3 is 5.32 Å². The Morgan fingerprint density at radius 1 is 1.38 bits per heavy atom. The minimum Gasteiger partial charge on any atom is -0.380 e. The van der Waals surface area contributed by atoms with Crippen molar-refractivity contribution >= 4 is 21.6 Å². The van der Waals surface area contributed by atoms with Crippen molar-refractivity contribution in [2.45, 2.75) is 45.6 Å². The van der Waals surface area contributed by atoms with Crippen LogP contribution in [0.3, 0.4) is 0 Å². The first-order chi connectivity index (χ1) is 7.67. The molecule has 0 bridgehead atoms. The van der Waals surface area contributed by atoms with Crippen molar-refractivity contribution in [3.63, 3.8) is 0 Å². The average Bonchev–Trinajstić information content (AvgIpc) is 2.27. The van der Waals surface area contributed by atoms with Crippen LogP contribution in [-0.2, 0) is 0 Å². The average molecular weight is 288 g/mol. The van der Waals surface area contributed by atoms with Crippen molar-refractivity contribution in [1.82, 2.24) is 0 Å². The van der Waals surface area contributed by atoms with E-state index < -0.39 is 0 Å². The summed E-state index contributed by atoms with van der Waals surface area (Å²) >= 11 is 3.25. The predicted octanol–water partition coefficient (Wildman–Crippen LogP) is 4.97. The molecule has 0 saturated heterocycles. The van der Waals surface area contributed by atoms with Gasteiger partial charge in [-0.05, 0) is 31.0 Å². The third kappa shape index (κ3) is 4.12. The van der Waals surface area contributed by atoms with Crippen LogP contribution in [0.4, 0.5) is 10.1 Å². The molecule has 0 aliphatic heterocycles. The van der Waals surface area contributed by atoms with E-state index in [0.29, 0.717) is 11.7 Å². The highest BCUT2D eigenvalue weighted by atomic mass is 79.9. The van der Waals surface area contributed by atoms with E-state index in [-0.39, 0.29) is 5.82 Å². The molecule has 1 rings (SSSR count). The fourth-order valence-corrected chi connectivity index (χ4v) is 1.99. The van der Waals surface area contributed by atoms with Gasteiger partial charge in [0.25, 0.3) is 0 Å². The largest absolute Gasteiger partial charge is 0.380 e. The molecular weight excluding hydrogens is 269 g/mol. The van der Waals surface area contributed by atoms with E-state index in [2.05, 4.69) is 35.1 Å². The minimum atomic E-state index is -0.190. The summed E-state index contributed by atoms with van der Waals surface area (Å²) in [6.45, 7) is 4.30. The van der Waals surface area contributed by atoms with Crippen molar-refractivity contribution in [1.29, 1.82) is 0 Å². The lowest BCUT2D eigenvalue weighted by molar-refractivity contribution is 0.580. The predicted molar refractivity (Wildman–Crippen MR) is 71.3 cm³/mol. The molecule has 90 valence electrons. The van der Waals surface area contributed by atoms with Crippen LogP contribution in [0.5, 0.6) is 0 Å². The second-order valence-electron chi connectivity index (χ2n) is 4.02. The van der Waals surface area contributed by atoms with Crippen molar-refractivity contribution < 1.29 is 4.39 Å². The molecular formula is C13H19BrFN. The molecule has 0 aliphatic rings. The molecule has 0 aromatic heterocycles. The third-order valence-corrected chi connectivity index (χ3v) is 3.18. The SMILES string of the molecule is CCCCC(CC)Nc1ccc(Br)cc1F. The quantitative estimate of drug-likeness (QED) is 0.779. The Labute approximate surface area is 106 Å². The number of rotatable bonds is 6. The zero-order valence-electron chi connectivity index (χ0n) is 9.89. The molecule has 1 unspecified atom stereocenters. The highest BCUT2D eigenvalue weighted by Crippen LogP contribution is 2.21. The van der Waals surface area contributed by atoms with Gasteiger partial charge >= 0.3 is 0 Å². The molecule has 0 spiro atoms. The van der Waals surface area contributed by atoms with Gasteiger partial charge in [-0.2, -0.15) is 0 Å². The monoisotopic (exact) mass is 287 g/mol. The van der Waals surface area contributed by atoms with Crippen LogP contribution in [0, 0.1) is 5.82 Å². The van der Waals surface area contributed by atoms with E-state index >= 15 is 0 Å². The summed E-state index contributed by atoms with van der Waals surface area (Å²) in [5, 5.41) is 3.26. The molecule has 0 saturated carbocycles. The Balaban J connectivity index is 2.62. The molecule has 1 aromatic rings. The summed E-state index contributed by atoms with van der Waals surface area (Å²) in [6, 6.07) is 5.51. The van der Waals surface area contributed by atoms with E-state index in [1.165, 1.54) is 18.9 Å². The summed E-state index contributed by atoms with van der Waals surface area (Å²) in [4.78, 5) is 0. The van der Waals surface area contributed by atoms with Crippen molar-refractivity contribution in [2.24, 2.45) is 0 Å². The highest BCUT2D eigenvalue weighted by Gasteiger charge is 2.08. The van der Waals surface area contributed by atoms with E-state index in [1.54, 1.807) is 6.07 Å². The standard InChI is InChI=1S/C13H19BrFN/c1-3-5-6-11(4-2)16-13-8-7-10(14)9-12(13)15/h7-9,11,16H,3-6H2,1-2H3. The second-order valence-corrected chi connectivity index (χ2v) is 4.93. The number of unbranched alkanes of at least 4 members (excludes halogenated alkanes) is 1. The molecule has 16 heavy (non-hydrogen) atoms. The summed E-state index contributed by atoms with van der Waals surface area (Å²) in [5.41, 5.74) is 0.603. The van der Waals surface area contributed by atoms with Gasteiger partial charge in [0.15, 0.2) is 0 Å². The zero-order chi connectivity index (χ0) is 12.0. The first-order valence-electron chi connectivity index (χ1n) is 5.89. The first kappa shape index (κ1) is 13.5. The van der Waals surface area contributed by atoms with E-state index in [4.69, 9.17) is 0 Å². The van der Waals surface area contributed by atoms with Crippen LogP contribution in [0.1, 0.15) is 39.5 Å². The lowest BCUT2D eigenvalue weighted by atomic mass is 10.1. The summed E-state index contributed by atoms with van der Waals surface area (Å²) in [7, 11) is 0. The molecule has 1 nitrogen and oxygen atoms in total. The summed E-state index contributed by atoms with van der Waals surface area (Å²) in [6.07, 6.45) is 4.49. The summed E-state index contributed by atoms with van der Waals surface area (Å²) in [5.74, 6) is -0.190. The molecule has 1 N–H and O–H groups in total. The van der Waals surface area contributed by atoms with Gasteiger partial charge in [0, 0.05) is 10.5 Å². The molecule has 0 fully saturated rings. The minimum absolute atomic E-state index is 0.190. The molecule has 1 atom stereocenters. The molecule has 0 radical (unpaired) electrons. The molecule has 3 heteroatoms. The fourth-order valence-electron chi connectivity index (χ4n) is 1.66. The van der Waals surface area contributed by atoms with E-state index in [1.807, 2.05) is 6.07 Å². The topological polar surface area (TPSA) is 12.0 Å². The Kier molecular flexibility index (Phi) is 5.81. The van der Waals surface area contributed by atoms with E-state index in [0.717, 1.165) is 17.3 Å².